The molecule has 0 spiro atoms. The summed E-state index contributed by atoms with van der Waals surface area (Å²) in [5, 5.41) is 4.03. The summed E-state index contributed by atoms with van der Waals surface area (Å²) in [6.07, 6.45) is 1.62. The molecule has 0 bridgehead atoms. The maximum Gasteiger partial charge on any atom is 0.235 e. The van der Waals surface area contributed by atoms with Gasteiger partial charge in [0.25, 0.3) is 0 Å². The molecule has 0 unspecified atom stereocenters. The van der Waals surface area contributed by atoms with Crippen molar-refractivity contribution in [1.29, 1.82) is 0 Å². The summed E-state index contributed by atoms with van der Waals surface area (Å²) < 4.78 is 5.27. The minimum absolute atomic E-state index is 0.0599. The summed E-state index contributed by atoms with van der Waals surface area (Å²) in [7, 11) is 1.53. The van der Waals surface area contributed by atoms with Gasteiger partial charge in [-0.25, -0.2) is 0 Å². The highest BCUT2D eigenvalue weighted by Crippen LogP contribution is 2.50. The van der Waals surface area contributed by atoms with Gasteiger partial charge in [-0.15, -0.1) is 0 Å². The van der Waals surface area contributed by atoms with E-state index in [4.69, 9.17) is 27.9 Å². The first-order chi connectivity index (χ1) is 10.6. The first kappa shape index (κ1) is 15.2. The number of amides is 1. The molecule has 3 rings (SSSR count). The van der Waals surface area contributed by atoms with E-state index >= 15 is 0 Å². The predicted octanol–water partition coefficient (Wildman–Crippen LogP) is 4.67. The van der Waals surface area contributed by atoms with E-state index in [1.54, 1.807) is 24.3 Å². The van der Waals surface area contributed by atoms with Gasteiger partial charge in [-0.05, 0) is 42.7 Å². The topological polar surface area (TPSA) is 38.3 Å². The summed E-state index contributed by atoms with van der Waals surface area (Å²) in [6.45, 7) is 0. The van der Waals surface area contributed by atoms with Crippen molar-refractivity contribution in [3.63, 3.8) is 0 Å². The average molecular weight is 336 g/mol. The number of carbonyl (C=O) groups is 1. The number of anilines is 1. The lowest BCUT2D eigenvalue weighted by atomic mass is 9.95. The molecule has 1 N–H and O–H groups in total. The summed E-state index contributed by atoms with van der Waals surface area (Å²) in [6, 6.07) is 12.7. The monoisotopic (exact) mass is 335 g/mol. The second kappa shape index (κ2) is 5.82. The van der Waals surface area contributed by atoms with Crippen molar-refractivity contribution in [2.75, 3.05) is 12.4 Å². The van der Waals surface area contributed by atoms with E-state index in [1.807, 2.05) is 18.2 Å². The van der Waals surface area contributed by atoms with Gasteiger partial charge >= 0.3 is 0 Å². The Balaban J connectivity index is 1.88. The smallest absolute Gasteiger partial charge is 0.235 e. The van der Waals surface area contributed by atoms with Crippen LogP contribution in [0.3, 0.4) is 0 Å². The summed E-state index contributed by atoms with van der Waals surface area (Å²) in [5.41, 5.74) is 1.02. The number of benzene rings is 2. The molecule has 0 aromatic heterocycles. The van der Waals surface area contributed by atoms with Crippen LogP contribution in [0.1, 0.15) is 18.4 Å². The minimum atomic E-state index is -0.502. The van der Waals surface area contributed by atoms with Gasteiger partial charge in [0.2, 0.25) is 5.91 Å². The van der Waals surface area contributed by atoms with E-state index in [9.17, 15) is 4.79 Å². The Morgan fingerprint density at radius 3 is 2.55 bits per heavy atom. The van der Waals surface area contributed by atoms with Crippen LogP contribution in [0, 0.1) is 0 Å². The number of carbonyl (C=O) groups excluding carboxylic acids is 1. The van der Waals surface area contributed by atoms with E-state index in [-0.39, 0.29) is 5.91 Å². The standard InChI is InChI=1S/C17H15Cl2NO2/c1-22-15-13(19)6-3-7-14(15)20-16(21)17(8-9-17)11-4-2-5-12(18)10-11/h2-7,10H,8-9H2,1H3,(H,20,21). The van der Waals surface area contributed by atoms with Gasteiger partial charge in [0, 0.05) is 5.02 Å². The van der Waals surface area contributed by atoms with E-state index in [0.717, 1.165) is 18.4 Å². The van der Waals surface area contributed by atoms with Crippen LogP contribution in [0.5, 0.6) is 5.75 Å². The second-order valence-electron chi connectivity index (χ2n) is 5.37. The van der Waals surface area contributed by atoms with E-state index in [1.165, 1.54) is 7.11 Å². The average Bonchev–Trinajstić information content (AvgIpc) is 3.29. The fraction of sp³-hybridized carbons (Fsp3) is 0.235. The number of hydrogen-bond acceptors (Lipinski definition) is 2. The first-order valence-corrected chi connectivity index (χ1v) is 7.72. The van der Waals surface area contributed by atoms with Crippen LogP contribution in [0.25, 0.3) is 0 Å². The lowest BCUT2D eigenvalue weighted by Crippen LogP contribution is -2.28. The Hall–Kier alpha value is -1.71. The number of hydrogen-bond donors (Lipinski definition) is 1. The van der Waals surface area contributed by atoms with Gasteiger partial charge in [0.15, 0.2) is 5.75 Å². The Morgan fingerprint density at radius 2 is 1.91 bits per heavy atom. The van der Waals surface area contributed by atoms with Crippen molar-refractivity contribution in [2.24, 2.45) is 0 Å². The molecule has 0 radical (unpaired) electrons. The third-order valence-corrected chi connectivity index (χ3v) is 4.51. The van der Waals surface area contributed by atoms with E-state index in [0.29, 0.717) is 21.5 Å². The van der Waals surface area contributed by atoms with Gasteiger partial charge < -0.3 is 10.1 Å². The highest BCUT2D eigenvalue weighted by atomic mass is 35.5. The number of para-hydroxylation sites is 1. The fourth-order valence-electron chi connectivity index (χ4n) is 2.61. The lowest BCUT2D eigenvalue weighted by Gasteiger charge is -2.18. The molecule has 0 aliphatic heterocycles. The molecule has 114 valence electrons. The summed E-state index contributed by atoms with van der Waals surface area (Å²) >= 11 is 12.1. The number of halogens is 2. The van der Waals surface area contributed by atoms with Gasteiger partial charge in [-0.2, -0.15) is 0 Å². The molecule has 22 heavy (non-hydrogen) atoms. The second-order valence-corrected chi connectivity index (χ2v) is 6.21. The fourth-order valence-corrected chi connectivity index (χ4v) is 3.06. The highest BCUT2D eigenvalue weighted by molar-refractivity contribution is 6.32. The third kappa shape index (κ3) is 2.67. The van der Waals surface area contributed by atoms with Crippen molar-refractivity contribution >= 4 is 34.8 Å². The van der Waals surface area contributed by atoms with Gasteiger partial charge in [0.05, 0.1) is 23.2 Å². The van der Waals surface area contributed by atoms with Crippen molar-refractivity contribution in [3.05, 3.63) is 58.1 Å². The molecule has 2 aromatic rings. The molecule has 0 heterocycles. The number of nitrogens with one attached hydrogen (secondary N) is 1. The Kier molecular flexibility index (Phi) is 4.02. The third-order valence-electron chi connectivity index (χ3n) is 3.98. The van der Waals surface area contributed by atoms with Gasteiger partial charge in [-0.1, -0.05) is 41.4 Å². The minimum Gasteiger partial charge on any atom is -0.493 e. The largest absolute Gasteiger partial charge is 0.493 e. The molecule has 1 aliphatic carbocycles. The van der Waals surface area contributed by atoms with Gasteiger partial charge in [0.1, 0.15) is 0 Å². The van der Waals surface area contributed by atoms with Gasteiger partial charge in [-0.3, -0.25) is 4.79 Å². The molecule has 5 heteroatoms. The quantitative estimate of drug-likeness (QED) is 0.881. The molecule has 1 aliphatic rings. The summed E-state index contributed by atoms with van der Waals surface area (Å²) in [4.78, 5) is 12.7. The maximum atomic E-state index is 12.7. The number of rotatable bonds is 4. The highest BCUT2D eigenvalue weighted by Gasteiger charge is 2.51. The van der Waals surface area contributed by atoms with Crippen LogP contribution in [0.4, 0.5) is 5.69 Å². The zero-order valence-electron chi connectivity index (χ0n) is 12.0. The molecule has 0 atom stereocenters. The molecule has 1 saturated carbocycles. The van der Waals surface area contributed by atoms with Crippen LogP contribution in [0.15, 0.2) is 42.5 Å². The summed E-state index contributed by atoms with van der Waals surface area (Å²) in [5.74, 6) is 0.412. The van der Waals surface area contributed by atoms with Crippen molar-refractivity contribution in [1.82, 2.24) is 0 Å². The molecule has 3 nitrogen and oxygen atoms in total. The van der Waals surface area contributed by atoms with E-state index < -0.39 is 5.41 Å². The van der Waals surface area contributed by atoms with Crippen molar-refractivity contribution < 1.29 is 9.53 Å². The van der Waals surface area contributed by atoms with Crippen LogP contribution in [0.2, 0.25) is 10.0 Å². The normalized spacial score (nSPS) is 15.2. The molecule has 1 amide bonds. The van der Waals surface area contributed by atoms with Crippen LogP contribution < -0.4 is 10.1 Å². The zero-order valence-corrected chi connectivity index (χ0v) is 13.5. The zero-order chi connectivity index (χ0) is 15.7. The van der Waals surface area contributed by atoms with Crippen LogP contribution in [-0.4, -0.2) is 13.0 Å². The Bertz CT molecular complexity index is 726. The number of ether oxygens (including phenoxy) is 1. The predicted molar refractivity (Wildman–Crippen MR) is 89.0 cm³/mol. The molecular formula is C17H15Cl2NO2. The molecule has 2 aromatic carbocycles. The maximum absolute atomic E-state index is 12.7. The SMILES string of the molecule is COc1c(Cl)cccc1NC(=O)C1(c2cccc(Cl)c2)CC1. The van der Waals surface area contributed by atoms with Crippen LogP contribution >= 0.6 is 23.2 Å². The first-order valence-electron chi connectivity index (χ1n) is 6.97. The molecular weight excluding hydrogens is 321 g/mol. The lowest BCUT2D eigenvalue weighted by molar-refractivity contribution is -0.118. The molecule has 1 fully saturated rings. The number of methoxy groups -OCH3 is 1. The van der Waals surface area contributed by atoms with Crippen molar-refractivity contribution in [2.45, 2.75) is 18.3 Å². The molecule has 0 saturated heterocycles. The van der Waals surface area contributed by atoms with Crippen molar-refractivity contribution in [3.8, 4) is 5.75 Å². The van der Waals surface area contributed by atoms with Crippen LogP contribution in [-0.2, 0) is 10.2 Å². The van der Waals surface area contributed by atoms with E-state index in [2.05, 4.69) is 5.32 Å². The Morgan fingerprint density at radius 1 is 1.18 bits per heavy atom. The Labute approximate surface area is 139 Å².